The number of hydrogen-bond acceptors (Lipinski definition) is 6. The first-order valence-electron chi connectivity index (χ1n) is 11.1. The first-order chi connectivity index (χ1) is 16.3. The second kappa shape index (κ2) is 8.45. The molecule has 1 aromatic carbocycles. The van der Waals surface area contributed by atoms with E-state index < -0.39 is 5.60 Å². The van der Waals surface area contributed by atoms with Crippen molar-refractivity contribution in [2.45, 2.75) is 39.1 Å². The lowest BCUT2D eigenvalue weighted by atomic mass is 10.1. The first kappa shape index (κ1) is 21.9. The number of amides is 1. The van der Waals surface area contributed by atoms with Crippen molar-refractivity contribution in [3.63, 3.8) is 0 Å². The maximum atomic E-state index is 11.9. The first-order valence-corrected chi connectivity index (χ1v) is 11.1. The molecule has 10 heteroatoms. The number of fused-ring (bicyclic) bond motifs is 3. The third-order valence-electron chi connectivity index (χ3n) is 5.64. The van der Waals surface area contributed by atoms with Gasteiger partial charge in [0.25, 0.3) is 0 Å². The van der Waals surface area contributed by atoms with Gasteiger partial charge in [0, 0.05) is 37.4 Å². The van der Waals surface area contributed by atoms with E-state index in [9.17, 15) is 9.90 Å². The molecule has 4 heterocycles. The van der Waals surface area contributed by atoms with E-state index in [1.807, 2.05) is 30.6 Å². The summed E-state index contributed by atoms with van der Waals surface area (Å²) >= 11 is 0. The molecule has 176 valence electrons. The molecule has 1 amide bonds. The zero-order chi connectivity index (χ0) is 23.9. The maximum absolute atomic E-state index is 11.9. The molecule has 1 aliphatic heterocycles. The van der Waals surface area contributed by atoms with E-state index in [0.717, 1.165) is 28.3 Å². The molecule has 0 fully saturated rings. The molecule has 0 atom stereocenters. The van der Waals surface area contributed by atoms with E-state index >= 15 is 0 Å². The van der Waals surface area contributed by atoms with Gasteiger partial charge in [-0.1, -0.05) is 6.07 Å². The van der Waals surface area contributed by atoms with Gasteiger partial charge < -0.3 is 24.3 Å². The number of nitrogens with one attached hydrogen (secondary N) is 1. The summed E-state index contributed by atoms with van der Waals surface area (Å²) in [6.07, 6.45) is 9.10. The molecule has 0 radical (unpaired) electrons. The minimum absolute atomic E-state index is 0.0998. The van der Waals surface area contributed by atoms with Gasteiger partial charge in [0.15, 0.2) is 5.82 Å². The highest BCUT2D eigenvalue weighted by atomic mass is 16.5. The molecule has 3 aromatic heterocycles. The van der Waals surface area contributed by atoms with Gasteiger partial charge in [-0.2, -0.15) is 5.10 Å². The normalized spacial score (nSPS) is 13.1. The highest BCUT2D eigenvalue weighted by Crippen LogP contribution is 2.36. The summed E-state index contributed by atoms with van der Waals surface area (Å²) in [5.41, 5.74) is 2.67. The van der Waals surface area contributed by atoms with E-state index in [0.29, 0.717) is 31.2 Å². The Kier molecular flexibility index (Phi) is 5.45. The highest BCUT2D eigenvalue weighted by molar-refractivity contribution is 5.77. The predicted octanol–water partition coefficient (Wildman–Crippen LogP) is 2.19. The molecule has 0 unspecified atom stereocenters. The SMILES string of the molecule is CNC(=O)Cn1ccnc1-c1cn2c(n1)-c1ccc(-c3cnn(CC(C)(C)O)c3)cc1OCC2. The number of likely N-dealkylation sites (N-methyl/N-ethyl adjacent to an activating group) is 1. The smallest absolute Gasteiger partial charge is 0.239 e. The van der Waals surface area contributed by atoms with Gasteiger partial charge in [0.05, 0.1) is 30.5 Å². The number of aromatic nitrogens is 6. The van der Waals surface area contributed by atoms with Gasteiger partial charge in [0.2, 0.25) is 5.91 Å². The summed E-state index contributed by atoms with van der Waals surface area (Å²) < 4.78 is 11.6. The molecule has 5 rings (SSSR count). The number of carbonyl (C=O) groups is 1. The third kappa shape index (κ3) is 4.32. The van der Waals surface area contributed by atoms with Gasteiger partial charge in [0.1, 0.15) is 30.4 Å². The third-order valence-corrected chi connectivity index (χ3v) is 5.64. The topological polar surface area (TPSA) is 112 Å². The van der Waals surface area contributed by atoms with Crippen molar-refractivity contribution >= 4 is 5.91 Å². The zero-order valence-electron chi connectivity index (χ0n) is 19.4. The Labute approximate surface area is 196 Å². The number of benzene rings is 1. The van der Waals surface area contributed by atoms with Crippen LogP contribution in [0.4, 0.5) is 0 Å². The van der Waals surface area contributed by atoms with E-state index in [2.05, 4.69) is 20.0 Å². The van der Waals surface area contributed by atoms with E-state index in [4.69, 9.17) is 9.72 Å². The minimum atomic E-state index is -0.843. The average Bonchev–Trinajstić information content (AvgIpc) is 3.51. The molecule has 34 heavy (non-hydrogen) atoms. The van der Waals surface area contributed by atoms with Crippen LogP contribution in [0.15, 0.2) is 49.2 Å². The lowest BCUT2D eigenvalue weighted by molar-refractivity contribution is -0.121. The Morgan fingerprint density at radius 2 is 2.09 bits per heavy atom. The fourth-order valence-electron chi connectivity index (χ4n) is 4.07. The molecule has 0 saturated heterocycles. The van der Waals surface area contributed by atoms with Crippen LogP contribution in [0.5, 0.6) is 5.75 Å². The van der Waals surface area contributed by atoms with E-state index in [1.165, 1.54) is 0 Å². The van der Waals surface area contributed by atoms with Gasteiger partial charge in [-0.05, 0) is 31.5 Å². The van der Waals surface area contributed by atoms with Crippen LogP contribution in [0.1, 0.15) is 13.8 Å². The number of nitrogens with zero attached hydrogens (tertiary/aromatic N) is 6. The Balaban J connectivity index is 1.47. The molecule has 0 aliphatic carbocycles. The number of carbonyl (C=O) groups excluding carboxylic acids is 1. The quantitative estimate of drug-likeness (QED) is 0.455. The predicted molar refractivity (Wildman–Crippen MR) is 126 cm³/mol. The Hall–Kier alpha value is -3.92. The Morgan fingerprint density at radius 1 is 1.24 bits per heavy atom. The van der Waals surface area contributed by atoms with Crippen molar-refractivity contribution in [2.24, 2.45) is 0 Å². The molecule has 10 nitrogen and oxygen atoms in total. The van der Waals surface area contributed by atoms with Crippen molar-refractivity contribution in [3.8, 4) is 39.8 Å². The van der Waals surface area contributed by atoms with Crippen LogP contribution in [0.3, 0.4) is 0 Å². The van der Waals surface area contributed by atoms with Crippen LogP contribution < -0.4 is 10.1 Å². The average molecular weight is 462 g/mol. The second-order valence-corrected chi connectivity index (χ2v) is 8.99. The van der Waals surface area contributed by atoms with Crippen LogP contribution in [0.2, 0.25) is 0 Å². The largest absolute Gasteiger partial charge is 0.491 e. The summed E-state index contributed by atoms with van der Waals surface area (Å²) in [5.74, 6) is 2.08. The van der Waals surface area contributed by atoms with Crippen LogP contribution in [0, 0.1) is 0 Å². The monoisotopic (exact) mass is 461 g/mol. The van der Waals surface area contributed by atoms with Crippen molar-refractivity contribution in [3.05, 3.63) is 49.2 Å². The van der Waals surface area contributed by atoms with Crippen LogP contribution in [0.25, 0.3) is 34.0 Å². The van der Waals surface area contributed by atoms with Crippen LogP contribution in [-0.4, -0.2) is 59.2 Å². The molecular formula is C24H27N7O3. The van der Waals surface area contributed by atoms with E-state index in [-0.39, 0.29) is 12.5 Å². The van der Waals surface area contributed by atoms with E-state index in [1.54, 1.807) is 48.7 Å². The molecule has 0 saturated carbocycles. The number of aliphatic hydroxyl groups is 1. The Bertz CT molecular complexity index is 1340. The van der Waals surface area contributed by atoms with Crippen molar-refractivity contribution < 1.29 is 14.6 Å². The summed E-state index contributed by atoms with van der Waals surface area (Å²) in [4.78, 5) is 21.2. The van der Waals surface area contributed by atoms with Crippen molar-refractivity contribution in [2.75, 3.05) is 13.7 Å². The number of hydrogen-bond donors (Lipinski definition) is 2. The standard InChI is InChI=1S/C24H27N7O3/c1-24(2,33)15-31-12-17(11-27-31)16-4-5-18-20(10-16)34-9-8-30-13-19(28-22(18)30)23-26-6-7-29(23)14-21(32)25-3/h4-7,10-13,33H,8-9,14-15H2,1-3H3,(H,25,32). The summed E-state index contributed by atoms with van der Waals surface area (Å²) in [6.45, 7) is 5.25. The molecule has 1 aliphatic rings. The lowest BCUT2D eigenvalue weighted by Crippen LogP contribution is -2.26. The van der Waals surface area contributed by atoms with Crippen LogP contribution >= 0.6 is 0 Å². The minimum Gasteiger partial charge on any atom is -0.491 e. The van der Waals surface area contributed by atoms with Crippen molar-refractivity contribution in [1.29, 1.82) is 0 Å². The van der Waals surface area contributed by atoms with Gasteiger partial charge in [-0.15, -0.1) is 0 Å². The zero-order valence-corrected chi connectivity index (χ0v) is 19.4. The van der Waals surface area contributed by atoms with Gasteiger partial charge in [-0.25, -0.2) is 9.97 Å². The molecule has 0 spiro atoms. The number of ether oxygens (including phenoxy) is 1. The van der Waals surface area contributed by atoms with Gasteiger partial charge >= 0.3 is 0 Å². The maximum Gasteiger partial charge on any atom is 0.239 e. The molecule has 0 bridgehead atoms. The summed E-state index contributed by atoms with van der Waals surface area (Å²) in [5, 5.41) is 17.1. The number of imidazole rings is 2. The van der Waals surface area contributed by atoms with Crippen molar-refractivity contribution in [1.82, 2.24) is 34.2 Å². The summed E-state index contributed by atoms with van der Waals surface area (Å²) in [6, 6.07) is 6.02. The fraction of sp³-hybridized carbons (Fsp3) is 0.333. The number of rotatable bonds is 6. The van der Waals surface area contributed by atoms with Crippen LogP contribution in [-0.2, 0) is 24.4 Å². The fourth-order valence-corrected chi connectivity index (χ4v) is 4.07. The molecule has 2 N–H and O–H groups in total. The Morgan fingerprint density at radius 3 is 2.88 bits per heavy atom. The second-order valence-electron chi connectivity index (χ2n) is 8.99. The van der Waals surface area contributed by atoms with Gasteiger partial charge in [-0.3, -0.25) is 9.48 Å². The molecule has 4 aromatic rings. The highest BCUT2D eigenvalue weighted by Gasteiger charge is 2.22. The molecular weight excluding hydrogens is 434 g/mol. The summed E-state index contributed by atoms with van der Waals surface area (Å²) in [7, 11) is 1.61. The lowest BCUT2D eigenvalue weighted by Gasteiger charge is -2.16.